The van der Waals surface area contributed by atoms with Crippen molar-refractivity contribution in [2.45, 2.75) is 6.42 Å². The van der Waals surface area contributed by atoms with Crippen molar-refractivity contribution < 1.29 is 22.5 Å². The van der Waals surface area contributed by atoms with Gasteiger partial charge in [-0.25, -0.2) is 22.5 Å². The number of fused-ring (bicyclic) bond motifs is 1. The number of nitrogens with one attached hydrogen (secondary N) is 2. The second kappa shape index (κ2) is 7.50. The Morgan fingerprint density at radius 1 is 1.22 bits per heavy atom. The second-order valence-electron chi connectivity index (χ2n) is 6.27. The molecule has 3 rings (SSSR count). The fraction of sp³-hybridized carbons (Fsp3) is 0.263. The lowest BCUT2D eigenvalue weighted by Gasteiger charge is -2.05. The predicted molar refractivity (Wildman–Crippen MR) is 103 cm³/mol. The van der Waals surface area contributed by atoms with Crippen LogP contribution in [0.15, 0.2) is 42.7 Å². The summed E-state index contributed by atoms with van der Waals surface area (Å²) in [7, 11) is 1.38. The third kappa shape index (κ3) is 4.01. The van der Waals surface area contributed by atoms with E-state index in [1.165, 1.54) is 14.2 Å². The highest BCUT2D eigenvalue weighted by Gasteiger charge is 2.21. The van der Waals surface area contributed by atoms with Crippen molar-refractivity contribution in [3.63, 3.8) is 0 Å². The number of rotatable bonds is 6. The molecule has 7 nitrogen and oxygen atoms in total. The van der Waals surface area contributed by atoms with E-state index in [-0.39, 0.29) is 5.75 Å². The zero-order valence-corrected chi connectivity index (χ0v) is 16.3. The molecule has 0 spiro atoms. The van der Waals surface area contributed by atoms with E-state index in [1.54, 1.807) is 0 Å². The summed E-state index contributed by atoms with van der Waals surface area (Å²) in [6, 6.07) is 9.49. The van der Waals surface area contributed by atoms with E-state index >= 15 is 0 Å². The minimum absolute atomic E-state index is 0.000205. The van der Waals surface area contributed by atoms with Gasteiger partial charge < -0.3 is 9.72 Å². The zero-order chi connectivity index (χ0) is 19.6. The normalized spacial score (nSPS) is 11.7. The number of ether oxygens (including phenoxy) is 1. The van der Waals surface area contributed by atoms with Gasteiger partial charge in [-0.15, -0.1) is 0 Å². The zero-order valence-electron chi connectivity index (χ0n) is 15.4. The van der Waals surface area contributed by atoms with Crippen molar-refractivity contribution in [1.82, 2.24) is 9.71 Å². The lowest BCUT2D eigenvalue weighted by molar-refractivity contribution is -0.671. The predicted octanol–water partition coefficient (Wildman–Crippen LogP) is 1.54. The van der Waals surface area contributed by atoms with Crippen molar-refractivity contribution in [2.24, 2.45) is 7.05 Å². The number of carbonyl (C=O) groups is 1. The van der Waals surface area contributed by atoms with Crippen molar-refractivity contribution in [3.05, 3.63) is 54.0 Å². The molecule has 0 radical (unpaired) electrons. The van der Waals surface area contributed by atoms with Gasteiger partial charge in [-0.3, -0.25) is 0 Å². The number of hydrogen-bond donors (Lipinski definition) is 2. The minimum atomic E-state index is -3.28. The van der Waals surface area contributed by atoms with Gasteiger partial charge in [0.05, 0.1) is 12.9 Å². The number of aromatic nitrogens is 2. The van der Waals surface area contributed by atoms with Crippen LogP contribution in [0.25, 0.3) is 22.0 Å². The van der Waals surface area contributed by atoms with Crippen LogP contribution < -0.4 is 9.29 Å². The smallest absolute Gasteiger partial charge is 0.355 e. The summed E-state index contributed by atoms with van der Waals surface area (Å²) in [6.07, 6.45) is 4.18. The van der Waals surface area contributed by atoms with Gasteiger partial charge in [-0.1, -0.05) is 6.07 Å². The van der Waals surface area contributed by atoms with Crippen LogP contribution in [0.3, 0.4) is 0 Å². The molecule has 0 aliphatic carbocycles. The van der Waals surface area contributed by atoms with Crippen LogP contribution in [0.5, 0.6) is 0 Å². The Morgan fingerprint density at radius 2 is 1.93 bits per heavy atom. The van der Waals surface area contributed by atoms with Crippen molar-refractivity contribution in [1.29, 1.82) is 0 Å². The van der Waals surface area contributed by atoms with Gasteiger partial charge in [0.15, 0.2) is 12.4 Å². The molecule has 2 N–H and O–H groups in total. The molecular formula is C19H22N3O4S+. The Morgan fingerprint density at radius 3 is 2.56 bits per heavy atom. The third-order valence-corrected chi connectivity index (χ3v) is 5.85. The summed E-state index contributed by atoms with van der Waals surface area (Å²) in [6.45, 7) is 0. The van der Waals surface area contributed by atoms with Crippen molar-refractivity contribution in [2.75, 3.05) is 19.9 Å². The number of nitrogens with zero attached hydrogens (tertiary/aromatic N) is 1. The van der Waals surface area contributed by atoms with Crippen LogP contribution in [0.1, 0.15) is 16.1 Å². The molecule has 0 bridgehead atoms. The highest BCUT2D eigenvalue weighted by molar-refractivity contribution is 7.89. The van der Waals surface area contributed by atoms with E-state index in [0.29, 0.717) is 12.1 Å². The van der Waals surface area contributed by atoms with Crippen molar-refractivity contribution in [3.8, 4) is 11.1 Å². The van der Waals surface area contributed by atoms with Gasteiger partial charge in [-0.05, 0) is 36.7 Å². The molecule has 142 valence electrons. The van der Waals surface area contributed by atoms with Gasteiger partial charge in [0, 0.05) is 28.6 Å². The van der Waals surface area contributed by atoms with E-state index < -0.39 is 16.0 Å². The fourth-order valence-electron chi connectivity index (χ4n) is 2.97. The first-order chi connectivity index (χ1) is 12.8. The third-order valence-electron chi connectivity index (χ3n) is 4.49. The summed E-state index contributed by atoms with van der Waals surface area (Å²) < 4.78 is 32.6. The van der Waals surface area contributed by atoms with E-state index in [9.17, 15) is 13.2 Å². The van der Waals surface area contributed by atoms with Gasteiger partial charge in [0.1, 0.15) is 12.7 Å². The highest BCUT2D eigenvalue weighted by Crippen LogP contribution is 2.33. The van der Waals surface area contributed by atoms with E-state index in [2.05, 4.69) is 9.71 Å². The first kappa shape index (κ1) is 19.1. The first-order valence-corrected chi connectivity index (χ1v) is 10.1. The van der Waals surface area contributed by atoms with Crippen LogP contribution in [-0.2, 0) is 28.2 Å². The molecule has 0 fully saturated rings. The van der Waals surface area contributed by atoms with Crippen LogP contribution >= 0.6 is 0 Å². The number of pyridine rings is 1. The maximum Gasteiger partial charge on any atom is 0.355 e. The number of sulfonamides is 1. The molecule has 27 heavy (non-hydrogen) atoms. The van der Waals surface area contributed by atoms with Crippen LogP contribution in [0, 0.1) is 0 Å². The average Bonchev–Trinajstić information content (AvgIpc) is 3.05. The summed E-state index contributed by atoms with van der Waals surface area (Å²) in [5.74, 6) is -0.450. The monoisotopic (exact) mass is 388 g/mol. The number of H-pyrrole nitrogens is 1. The Kier molecular flexibility index (Phi) is 5.29. The lowest BCUT2D eigenvalue weighted by atomic mass is 10.0. The quantitative estimate of drug-likeness (QED) is 0.495. The minimum Gasteiger partial charge on any atom is -0.464 e. The van der Waals surface area contributed by atoms with Crippen molar-refractivity contribution >= 4 is 26.9 Å². The maximum absolute atomic E-state index is 12.3. The molecule has 0 saturated carbocycles. The molecule has 2 heterocycles. The van der Waals surface area contributed by atoms with Crippen LogP contribution in [0.4, 0.5) is 0 Å². The maximum atomic E-state index is 12.3. The Bertz CT molecular complexity index is 1090. The fourth-order valence-corrected chi connectivity index (χ4v) is 3.68. The van der Waals surface area contributed by atoms with Gasteiger partial charge >= 0.3 is 5.97 Å². The van der Waals surface area contributed by atoms with E-state index in [4.69, 9.17) is 4.74 Å². The lowest BCUT2D eigenvalue weighted by Crippen LogP contribution is -2.25. The molecule has 0 amide bonds. The summed E-state index contributed by atoms with van der Waals surface area (Å²) >= 11 is 0. The molecule has 3 aromatic rings. The summed E-state index contributed by atoms with van der Waals surface area (Å²) in [5, 5.41) is 0.851. The number of carbonyl (C=O) groups excluding carboxylic acids is 1. The van der Waals surface area contributed by atoms with Crippen LogP contribution in [-0.4, -0.2) is 39.3 Å². The number of aryl methyl sites for hydroxylation is 2. The SMILES string of the molecule is CNS(=O)(=O)CCc1ccc2[nH]c(C(=O)OC)c(-c3cc[n+](C)cc3)c2c1. The Hall–Kier alpha value is -2.71. The first-order valence-electron chi connectivity index (χ1n) is 8.44. The van der Waals surface area contributed by atoms with E-state index in [1.807, 2.05) is 54.3 Å². The van der Waals surface area contributed by atoms with Crippen LogP contribution in [0.2, 0.25) is 0 Å². The molecule has 0 aliphatic rings. The Labute approximate surface area is 158 Å². The summed E-state index contributed by atoms with van der Waals surface area (Å²) in [4.78, 5) is 15.4. The average molecular weight is 388 g/mol. The van der Waals surface area contributed by atoms with Gasteiger partial charge in [0.2, 0.25) is 10.0 Å². The molecule has 0 aliphatic heterocycles. The number of aromatic amines is 1. The Balaban J connectivity index is 2.12. The second-order valence-corrected chi connectivity index (χ2v) is 8.32. The molecule has 0 saturated heterocycles. The number of esters is 1. The topological polar surface area (TPSA) is 92.1 Å². The number of methoxy groups -OCH3 is 1. The standard InChI is InChI=1S/C19H21N3O4S/c1-20-27(24,25)11-8-13-4-5-16-15(12-13)17(18(21-16)19(23)26-3)14-6-9-22(2)10-7-14/h4-7,9-10,12,20H,8,11H2,1-3H3/p+1. The molecule has 2 aromatic heterocycles. The molecular weight excluding hydrogens is 366 g/mol. The van der Waals surface area contributed by atoms with E-state index in [0.717, 1.165) is 27.6 Å². The van der Waals surface area contributed by atoms with Gasteiger partial charge in [-0.2, -0.15) is 0 Å². The molecule has 1 aromatic carbocycles. The summed E-state index contributed by atoms with van der Waals surface area (Å²) in [5.41, 5.74) is 3.66. The molecule has 0 unspecified atom stereocenters. The molecule has 8 heteroatoms. The number of hydrogen-bond acceptors (Lipinski definition) is 4. The molecule has 0 atom stereocenters. The highest BCUT2D eigenvalue weighted by atomic mass is 32.2. The largest absolute Gasteiger partial charge is 0.464 e. The number of benzene rings is 1. The van der Waals surface area contributed by atoms with Gasteiger partial charge in [0.25, 0.3) is 0 Å².